The Bertz CT molecular complexity index is 1140. The first-order valence-electron chi connectivity index (χ1n) is 10.8. The van der Waals surface area contributed by atoms with Crippen LogP contribution >= 0.6 is 11.6 Å². The Kier molecular flexibility index (Phi) is 7.13. The van der Waals surface area contributed by atoms with E-state index in [0.717, 1.165) is 29.1 Å². The van der Waals surface area contributed by atoms with Gasteiger partial charge in [0.15, 0.2) is 0 Å². The molecule has 180 valence electrons. The molecule has 3 aromatic rings. The van der Waals surface area contributed by atoms with Gasteiger partial charge in [0.1, 0.15) is 12.4 Å². The molecule has 1 aliphatic rings. The molecular formula is C24H25ClF3N5O. The van der Waals surface area contributed by atoms with E-state index in [-0.39, 0.29) is 6.01 Å². The number of fused-ring (bicyclic) bond motifs is 1. The van der Waals surface area contributed by atoms with E-state index < -0.39 is 11.7 Å². The van der Waals surface area contributed by atoms with Crippen LogP contribution in [0.2, 0.25) is 5.02 Å². The van der Waals surface area contributed by atoms with Crippen LogP contribution in [0.5, 0.6) is 6.01 Å². The molecule has 0 atom stereocenters. The Morgan fingerprint density at radius 2 is 1.82 bits per heavy atom. The van der Waals surface area contributed by atoms with E-state index in [2.05, 4.69) is 20.2 Å². The lowest BCUT2D eigenvalue weighted by Gasteiger charge is -2.31. The van der Waals surface area contributed by atoms with Gasteiger partial charge in [0.05, 0.1) is 28.5 Å². The molecule has 1 aliphatic heterocycles. The number of anilines is 3. The van der Waals surface area contributed by atoms with Crippen LogP contribution in [0.3, 0.4) is 0 Å². The minimum Gasteiger partial charge on any atom is -0.462 e. The van der Waals surface area contributed by atoms with Gasteiger partial charge in [-0.1, -0.05) is 23.7 Å². The molecule has 1 N–H and O–H groups in total. The van der Waals surface area contributed by atoms with Crippen LogP contribution in [0.15, 0.2) is 48.5 Å². The zero-order chi connectivity index (χ0) is 24.3. The van der Waals surface area contributed by atoms with Gasteiger partial charge in [0.25, 0.3) is 0 Å². The second-order valence-corrected chi connectivity index (χ2v) is 8.66. The van der Waals surface area contributed by atoms with Gasteiger partial charge >= 0.3 is 12.2 Å². The number of benzene rings is 2. The van der Waals surface area contributed by atoms with Crippen LogP contribution in [0.25, 0.3) is 0 Å². The van der Waals surface area contributed by atoms with Crippen molar-refractivity contribution in [1.29, 1.82) is 0 Å². The van der Waals surface area contributed by atoms with E-state index in [9.17, 15) is 13.2 Å². The average Bonchev–Trinajstić information content (AvgIpc) is 2.78. The van der Waals surface area contributed by atoms with Crippen LogP contribution in [-0.2, 0) is 19.1 Å². The van der Waals surface area contributed by atoms with Crippen molar-refractivity contribution in [3.63, 3.8) is 0 Å². The topological polar surface area (TPSA) is 53.5 Å². The van der Waals surface area contributed by atoms with Crippen molar-refractivity contribution < 1.29 is 17.9 Å². The summed E-state index contributed by atoms with van der Waals surface area (Å²) in [4.78, 5) is 13.3. The Balaban J connectivity index is 1.63. The summed E-state index contributed by atoms with van der Waals surface area (Å²) in [5, 5.41) is 3.82. The number of ether oxygens (including phenoxy) is 1. The number of hydrogen-bond donors (Lipinski definition) is 1. The minimum atomic E-state index is -4.39. The smallest absolute Gasteiger partial charge is 0.416 e. The number of hydrogen-bond acceptors (Lipinski definition) is 6. The largest absolute Gasteiger partial charge is 0.462 e. The molecule has 1 aromatic heterocycles. The first kappa shape index (κ1) is 24.1. The van der Waals surface area contributed by atoms with E-state index in [1.54, 1.807) is 0 Å². The zero-order valence-corrected chi connectivity index (χ0v) is 19.6. The summed E-state index contributed by atoms with van der Waals surface area (Å²) in [6.45, 7) is 2.30. The highest BCUT2D eigenvalue weighted by molar-refractivity contribution is 6.33. The molecule has 2 aromatic carbocycles. The molecule has 0 amide bonds. The van der Waals surface area contributed by atoms with Crippen molar-refractivity contribution in [2.75, 3.05) is 44.0 Å². The fourth-order valence-corrected chi connectivity index (χ4v) is 3.94. The van der Waals surface area contributed by atoms with E-state index in [4.69, 9.17) is 16.3 Å². The number of nitrogens with zero attached hydrogens (tertiary/aromatic N) is 4. The van der Waals surface area contributed by atoms with Crippen molar-refractivity contribution in [3.8, 4) is 6.01 Å². The normalized spacial score (nSPS) is 13.7. The predicted molar refractivity (Wildman–Crippen MR) is 127 cm³/mol. The van der Waals surface area contributed by atoms with E-state index >= 15 is 0 Å². The molecule has 34 heavy (non-hydrogen) atoms. The van der Waals surface area contributed by atoms with Gasteiger partial charge in [0.2, 0.25) is 0 Å². The Morgan fingerprint density at radius 1 is 1.09 bits per heavy atom. The van der Waals surface area contributed by atoms with Crippen LogP contribution in [-0.4, -0.2) is 48.7 Å². The molecule has 0 radical (unpaired) electrons. The third-order valence-corrected chi connectivity index (χ3v) is 5.80. The Labute approximate surface area is 201 Å². The van der Waals surface area contributed by atoms with Gasteiger partial charge in [-0.25, -0.2) is 0 Å². The lowest BCUT2D eigenvalue weighted by atomic mass is 10.0. The second kappa shape index (κ2) is 10.1. The maximum Gasteiger partial charge on any atom is 0.416 e. The quantitative estimate of drug-likeness (QED) is 0.478. The highest BCUT2D eigenvalue weighted by Gasteiger charge is 2.30. The van der Waals surface area contributed by atoms with E-state index in [1.807, 2.05) is 43.3 Å². The SMILES string of the molecule is CN(C)CCOc1nc2c(c(Nc3ccc(C(F)(F)F)cc3)n1)CCN(c1ccccc1Cl)C2. The Morgan fingerprint density at radius 3 is 2.50 bits per heavy atom. The molecule has 2 heterocycles. The fourth-order valence-electron chi connectivity index (χ4n) is 3.69. The van der Waals surface area contributed by atoms with Crippen LogP contribution in [0.4, 0.5) is 30.4 Å². The molecule has 6 nitrogen and oxygen atoms in total. The molecule has 0 saturated carbocycles. The van der Waals surface area contributed by atoms with E-state index in [1.165, 1.54) is 12.1 Å². The number of aromatic nitrogens is 2. The third kappa shape index (κ3) is 5.71. The van der Waals surface area contributed by atoms with E-state index in [0.29, 0.717) is 49.2 Å². The van der Waals surface area contributed by atoms with Crippen molar-refractivity contribution in [2.24, 2.45) is 0 Å². The fraction of sp³-hybridized carbons (Fsp3) is 0.333. The molecule has 0 unspecified atom stereocenters. The monoisotopic (exact) mass is 491 g/mol. The lowest BCUT2D eigenvalue weighted by molar-refractivity contribution is -0.137. The van der Waals surface area contributed by atoms with Crippen molar-refractivity contribution in [1.82, 2.24) is 14.9 Å². The summed E-state index contributed by atoms with van der Waals surface area (Å²) in [5.74, 6) is 0.531. The summed E-state index contributed by atoms with van der Waals surface area (Å²) in [7, 11) is 3.88. The number of para-hydroxylation sites is 1. The number of nitrogens with one attached hydrogen (secondary N) is 1. The summed E-state index contributed by atoms with van der Waals surface area (Å²) < 4.78 is 44.6. The van der Waals surface area contributed by atoms with Gasteiger partial charge in [-0.2, -0.15) is 23.1 Å². The maximum atomic E-state index is 12.9. The minimum absolute atomic E-state index is 0.219. The van der Waals surface area contributed by atoms with Gasteiger partial charge in [0, 0.05) is 24.3 Å². The van der Waals surface area contributed by atoms with Gasteiger partial charge in [-0.15, -0.1) is 0 Å². The number of halogens is 4. The van der Waals surface area contributed by atoms with Gasteiger partial charge in [-0.3, -0.25) is 0 Å². The van der Waals surface area contributed by atoms with Crippen LogP contribution in [0, 0.1) is 0 Å². The average molecular weight is 492 g/mol. The first-order valence-corrected chi connectivity index (χ1v) is 11.2. The standard InChI is InChI=1S/C24H25ClF3N5O/c1-32(2)13-14-34-23-30-20-15-33(21-6-4-3-5-19(21)25)12-11-18(20)22(31-23)29-17-9-7-16(8-10-17)24(26,27)28/h3-10H,11-15H2,1-2H3,(H,29,30,31). The molecular weight excluding hydrogens is 467 g/mol. The van der Waals surface area contributed by atoms with Crippen molar-refractivity contribution in [3.05, 3.63) is 70.4 Å². The number of alkyl halides is 3. The summed E-state index contributed by atoms with van der Waals surface area (Å²) in [6, 6.07) is 12.7. The predicted octanol–water partition coefficient (Wildman–Crippen LogP) is 5.40. The van der Waals surface area contributed by atoms with Gasteiger partial charge < -0.3 is 19.9 Å². The molecule has 0 bridgehead atoms. The second-order valence-electron chi connectivity index (χ2n) is 8.25. The number of rotatable bonds is 7. The van der Waals surface area contributed by atoms with Crippen molar-refractivity contribution in [2.45, 2.75) is 19.1 Å². The van der Waals surface area contributed by atoms with Crippen LogP contribution in [0.1, 0.15) is 16.8 Å². The lowest BCUT2D eigenvalue weighted by Crippen LogP contribution is -2.32. The molecule has 0 saturated heterocycles. The molecule has 0 fully saturated rings. The summed E-state index contributed by atoms with van der Waals surface area (Å²) in [5.41, 5.74) is 2.41. The zero-order valence-electron chi connectivity index (χ0n) is 18.9. The summed E-state index contributed by atoms with van der Waals surface area (Å²) >= 11 is 6.40. The summed E-state index contributed by atoms with van der Waals surface area (Å²) in [6.07, 6.45) is -3.75. The molecule has 4 rings (SSSR count). The molecule has 0 aliphatic carbocycles. The first-order chi connectivity index (χ1) is 16.2. The van der Waals surface area contributed by atoms with Crippen molar-refractivity contribution >= 4 is 28.8 Å². The van der Waals surface area contributed by atoms with Gasteiger partial charge in [-0.05, 0) is 56.9 Å². The highest BCUT2D eigenvalue weighted by Crippen LogP contribution is 2.34. The molecule has 0 spiro atoms. The highest BCUT2D eigenvalue weighted by atomic mass is 35.5. The Hall–Kier alpha value is -3.04. The maximum absolute atomic E-state index is 12.9. The third-order valence-electron chi connectivity index (χ3n) is 5.48. The number of likely N-dealkylation sites (N-methyl/N-ethyl adjacent to an activating group) is 1. The van der Waals surface area contributed by atoms with Crippen LogP contribution < -0.4 is 15.0 Å². The molecule has 10 heteroatoms.